The Labute approximate surface area is 137 Å². The van der Waals surface area contributed by atoms with Crippen molar-refractivity contribution in [2.75, 3.05) is 34.7 Å². The Kier molecular flexibility index (Phi) is 5.79. The maximum absolute atomic E-state index is 13.9. The van der Waals surface area contributed by atoms with Gasteiger partial charge in [-0.15, -0.1) is 24.0 Å². The van der Waals surface area contributed by atoms with E-state index in [0.717, 1.165) is 24.4 Å². The number of rotatable bonds is 3. The minimum absolute atomic E-state index is 0. The summed E-state index contributed by atoms with van der Waals surface area (Å²) in [6, 6.07) is 7.07. The molecule has 112 valence electrons. The van der Waals surface area contributed by atoms with E-state index in [1.54, 1.807) is 6.07 Å². The Balaban J connectivity index is 0.00000200. The van der Waals surface area contributed by atoms with E-state index in [-0.39, 0.29) is 35.2 Å². The summed E-state index contributed by atoms with van der Waals surface area (Å²) in [5, 5.41) is 0. The van der Waals surface area contributed by atoms with Crippen LogP contribution in [-0.4, -0.2) is 50.5 Å². The molecule has 0 radical (unpaired) electrons. The van der Waals surface area contributed by atoms with Crippen LogP contribution in [0.2, 0.25) is 0 Å². The predicted molar refractivity (Wildman–Crippen MR) is 92.4 cm³/mol. The van der Waals surface area contributed by atoms with Crippen molar-refractivity contribution in [2.24, 2.45) is 4.99 Å². The summed E-state index contributed by atoms with van der Waals surface area (Å²) in [4.78, 5) is 8.64. The van der Waals surface area contributed by atoms with Crippen molar-refractivity contribution in [2.45, 2.75) is 18.3 Å². The molecule has 0 spiro atoms. The summed E-state index contributed by atoms with van der Waals surface area (Å²) in [7, 11) is 7.89. The zero-order chi connectivity index (χ0) is 14.0. The van der Waals surface area contributed by atoms with E-state index in [1.165, 1.54) is 6.07 Å². The molecule has 1 aliphatic rings. The Morgan fingerprint density at radius 2 is 1.70 bits per heavy atom. The number of halogens is 2. The van der Waals surface area contributed by atoms with E-state index in [2.05, 4.69) is 4.99 Å². The molecule has 0 N–H and O–H groups in total. The number of hydrogen-bond acceptors (Lipinski definition) is 1. The van der Waals surface area contributed by atoms with Crippen molar-refractivity contribution in [3.8, 4) is 0 Å². The second-order valence-corrected chi connectivity index (χ2v) is 5.67. The largest absolute Gasteiger partial charge is 0.349 e. The van der Waals surface area contributed by atoms with Crippen LogP contribution in [0, 0.1) is 5.82 Å². The second-order valence-electron chi connectivity index (χ2n) is 5.67. The zero-order valence-electron chi connectivity index (χ0n) is 12.6. The fourth-order valence-electron chi connectivity index (χ4n) is 2.46. The first-order valence-electron chi connectivity index (χ1n) is 6.60. The molecule has 0 heterocycles. The fraction of sp³-hybridized carbons (Fsp3) is 0.533. The summed E-state index contributed by atoms with van der Waals surface area (Å²) in [6.07, 6.45) is 2.04. The van der Waals surface area contributed by atoms with E-state index in [9.17, 15) is 4.39 Å². The van der Waals surface area contributed by atoms with Gasteiger partial charge in [0.1, 0.15) is 5.82 Å². The molecule has 0 unspecified atom stereocenters. The molecule has 1 aromatic carbocycles. The SMILES string of the molecule is CN(C)C(=NCC1(c2ccccc2F)CC1)N(C)C.I. The number of guanidine groups is 1. The molecular formula is C15H23FIN3. The molecule has 0 aromatic heterocycles. The van der Waals surface area contributed by atoms with Crippen LogP contribution in [0.1, 0.15) is 18.4 Å². The van der Waals surface area contributed by atoms with Crippen molar-refractivity contribution in [3.63, 3.8) is 0 Å². The predicted octanol–water partition coefficient (Wildman–Crippen LogP) is 2.95. The van der Waals surface area contributed by atoms with E-state index in [4.69, 9.17) is 0 Å². The molecule has 0 aliphatic heterocycles. The number of benzene rings is 1. The second kappa shape index (κ2) is 6.74. The van der Waals surface area contributed by atoms with Crippen LogP contribution in [0.3, 0.4) is 0 Å². The minimum Gasteiger partial charge on any atom is -0.349 e. The lowest BCUT2D eigenvalue weighted by molar-refractivity contribution is 0.474. The third-order valence-corrected chi connectivity index (χ3v) is 3.62. The number of aliphatic imine (C=N–C) groups is 1. The van der Waals surface area contributed by atoms with E-state index < -0.39 is 0 Å². The molecule has 0 amide bonds. The van der Waals surface area contributed by atoms with Gasteiger partial charge in [-0.1, -0.05) is 18.2 Å². The Morgan fingerprint density at radius 1 is 1.15 bits per heavy atom. The molecule has 0 atom stereocenters. The van der Waals surface area contributed by atoms with E-state index in [0.29, 0.717) is 6.54 Å². The van der Waals surface area contributed by atoms with Crippen molar-refractivity contribution >= 4 is 29.9 Å². The molecule has 1 aromatic rings. The van der Waals surface area contributed by atoms with Crippen LogP contribution < -0.4 is 0 Å². The molecule has 1 aliphatic carbocycles. The Bertz CT molecular complexity index is 472. The van der Waals surface area contributed by atoms with Gasteiger partial charge in [0, 0.05) is 33.6 Å². The highest BCUT2D eigenvalue weighted by Gasteiger charge is 2.45. The summed E-state index contributed by atoms with van der Waals surface area (Å²) >= 11 is 0. The van der Waals surface area contributed by atoms with Gasteiger partial charge in [0.15, 0.2) is 5.96 Å². The lowest BCUT2D eigenvalue weighted by Crippen LogP contribution is -2.36. The molecule has 0 bridgehead atoms. The summed E-state index contributed by atoms with van der Waals surface area (Å²) in [6.45, 7) is 0.652. The van der Waals surface area contributed by atoms with Crippen molar-refractivity contribution < 1.29 is 4.39 Å². The third-order valence-electron chi connectivity index (χ3n) is 3.62. The van der Waals surface area contributed by atoms with Gasteiger partial charge in [0.2, 0.25) is 0 Å². The van der Waals surface area contributed by atoms with Crippen LogP contribution in [0.15, 0.2) is 29.3 Å². The van der Waals surface area contributed by atoms with Gasteiger partial charge in [-0.3, -0.25) is 4.99 Å². The van der Waals surface area contributed by atoms with Crippen LogP contribution in [0.4, 0.5) is 4.39 Å². The van der Waals surface area contributed by atoms with Crippen molar-refractivity contribution in [1.82, 2.24) is 9.80 Å². The fourth-order valence-corrected chi connectivity index (χ4v) is 2.46. The molecule has 1 saturated carbocycles. The average molecular weight is 391 g/mol. The molecule has 0 saturated heterocycles. The Morgan fingerprint density at radius 3 is 2.15 bits per heavy atom. The van der Waals surface area contributed by atoms with Gasteiger partial charge in [-0.25, -0.2) is 4.39 Å². The minimum atomic E-state index is -0.105. The van der Waals surface area contributed by atoms with Gasteiger partial charge in [0.25, 0.3) is 0 Å². The Hall–Kier alpha value is -0.850. The molecule has 3 nitrogen and oxygen atoms in total. The summed E-state index contributed by atoms with van der Waals surface area (Å²) in [5.41, 5.74) is 0.735. The number of nitrogens with zero attached hydrogens (tertiary/aromatic N) is 3. The van der Waals surface area contributed by atoms with E-state index in [1.807, 2.05) is 50.1 Å². The van der Waals surface area contributed by atoms with E-state index >= 15 is 0 Å². The topological polar surface area (TPSA) is 18.8 Å². The highest BCUT2D eigenvalue weighted by atomic mass is 127. The summed E-state index contributed by atoms with van der Waals surface area (Å²) < 4.78 is 13.9. The van der Waals surface area contributed by atoms with Gasteiger partial charge in [0.05, 0.1) is 6.54 Å². The molecule has 1 fully saturated rings. The molecular weight excluding hydrogens is 368 g/mol. The first kappa shape index (κ1) is 17.2. The highest BCUT2D eigenvalue weighted by molar-refractivity contribution is 14.0. The van der Waals surface area contributed by atoms with Gasteiger partial charge < -0.3 is 9.80 Å². The van der Waals surface area contributed by atoms with Crippen molar-refractivity contribution in [1.29, 1.82) is 0 Å². The van der Waals surface area contributed by atoms with Crippen LogP contribution in [0.5, 0.6) is 0 Å². The van der Waals surface area contributed by atoms with Crippen molar-refractivity contribution in [3.05, 3.63) is 35.6 Å². The summed E-state index contributed by atoms with van der Waals surface area (Å²) in [5.74, 6) is 0.814. The molecule has 2 rings (SSSR count). The lowest BCUT2D eigenvalue weighted by Gasteiger charge is -2.24. The highest BCUT2D eigenvalue weighted by Crippen LogP contribution is 2.49. The molecule has 5 heteroatoms. The van der Waals surface area contributed by atoms with Gasteiger partial charge >= 0.3 is 0 Å². The first-order chi connectivity index (χ1) is 8.96. The average Bonchev–Trinajstić information content (AvgIpc) is 3.10. The number of hydrogen-bond donors (Lipinski definition) is 0. The smallest absolute Gasteiger partial charge is 0.195 e. The van der Waals surface area contributed by atoms with Crippen LogP contribution in [0.25, 0.3) is 0 Å². The lowest BCUT2D eigenvalue weighted by atomic mass is 9.95. The third kappa shape index (κ3) is 3.62. The van der Waals surface area contributed by atoms with Crippen LogP contribution in [-0.2, 0) is 5.41 Å². The molecule has 20 heavy (non-hydrogen) atoms. The normalized spacial score (nSPS) is 15.1. The van der Waals surface area contributed by atoms with Gasteiger partial charge in [-0.2, -0.15) is 0 Å². The standard InChI is InChI=1S/C15H22FN3.HI/c1-18(2)14(19(3)4)17-11-15(9-10-15)12-7-5-6-8-13(12)16;/h5-8H,9-11H2,1-4H3;1H. The maximum atomic E-state index is 13.9. The van der Waals surface area contributed by atoms with Gasteiger partial charge in [-0.05, 0) is 24.5 Å². The van der Waals surface area contributed by atoms with Crippen LogP contribution >= 0.6 is 24.0 Å². The first-order valence-corrected chi connectivity index (χ1v) is 6.60. The zero-order valence-corrected chi connectivity index (χ0v) is 14.9. The quantitative estimate of drug-likeness (QED) is 0.448. The monoisotopic (exact) mass is 391 g/mol. The maximum Gasteiger partial charge on any atom is 0.195 e.